The maximum absolute atomic E-state index is 5.90. The Morgan fingerprint density at radius 1 is 1.11 bits per heavy atom. The molecule has 0 radical (unpaired) electrons. The van der Waals surface area contributed by atoms with Gasteiger partial charge in [-0.05, 0) is 25.3 Å². The third kappa shape index (κ3) is 1.90. The van der Waals surface area contributed by atoms with Gasteiger partial charge in [-0.25, -0.2) is 4.68 Å². The molecule has 0 saturated heterocycles. The SMILES string of the molecule is Cc1c(C(C)N)nnn1-c1cccc2ccccc12. The standard InChI is InChI=1S/C15H16N4/c1-10(16)15-11(2)19(18-17-15)14-9-5-7-12-6-3-4-8-13(12)14/h3-10H,16H2,1-2H3. The van der Waals surface area contributed by atoms with Crippen molar-refractivity contribution in [2.75, 3.05) is 0 Å². The number of fused-ring (bicyclic) bond motifs is 1. The van der Waals surface area contributed by atoms with E-state index in [-0.39, 0.29) is 6.04 Å². The molecule has 0 amide bonds. The van der Waals surface area contributed by atoms with E-state index in [2.05, 4.69) is 34.6 Å². The van der Waals surface area contributed by atoms with E-state index < -0.39 is 0 Å². The molecule has 2 aromatic carbocycles. The van der Waals surface area contributed by atoms with E-state index in [1.807, 2.05) is 36.7 Å². The number of hydrogen-bond acceptors (Lipinski definition) is 3. The summed E-state index contributed by atoms with van der Waals surface area (Å²) < 4.78 is 1.86. The Balaban J connectivity index is 2.25. The Bertz CT molecular complexity index is 723. The van der Waals surface area contributed by atoms with Crippen LogP contribution in [0.2, 0.25) is 0 Å². The number of aromatic nitrogens is 3. The predicted octanol–water partition coefficient (Wildman–Crippen LogP) is 2.75. The molecule has 0 spiro atoms. The topological polar surface area (TPSA) is 56.7 Å². The van der Waals surface area contributed by atoms with E-state index >= 15 is 0 Å². The van der Waals surface area contributed by atoms with Crippen LogP contribution < -0.4 is 5.73 Å². The molecule has 0 fully saturated rings. The summed E-state index contributed by atoms with van der Waals surface area (Å²) in [7, 11) is 0. The first-order chi connectivity index (χ1) is 9.18. The highest BCUT2D eigenvalue weighted by molar-refractivity contribution is 5.90. The molecule has 96 valence electrons. The van der Waals surface area contributed by atoms with Gasteiger partial charge in [0.2, 0.25) is 0 Å². The molecule has 3 rings (SSSR count). The van der Waals surface area contributed by atoms with Gasteiger partial charge >= 0.3 is 0 Å². The second-order valence-electron chi connectivity index (χ2n) is 4.76. The van der Waals surface area contributed by atoms with Gasteiger partial charge in [0.15, 0.2) is 0 Å². The second kappa shape index (κ2) is 4.48. The van der Waals surface area contributed by atoms with Gasteiger partial charge in [0.1, 0.15) is 5.69 Å². The lowest BCUT2D eigenvalue weighted by atomic mass is 10.1. The highest BCUT2D eigenvalue weighted by Gasteiger charge is 2.14. The summed E-state index contributed by atoms with van der Waals surface area (Å²) in [5.74, 6) is 0. The van der Waals surface area contributed by atoms with Crippen molar-refractivity contribution < 1.29 is 0 Å². The fourth-order valence-corrected chi connectivity index (χ4v) is 2.38. The molecule has 3 aromatic rings. The van der Waals surface area contributed by atoms with Gasteiger partial charge in [0.05, 0.1) is 11.4 Å². The van der Waals surface area contributed by atoms with Gasteiger partial charge in [-0.1, -0.05) is 41.6 Å². The maximum atomic E-state index is 5.90. The van der Waals surface area contributed by atoms with Gasteiger partial charge in [0.25, 0.3) is 0 Å². The lowest BCUT2D eigenvalue weighted by Crippen LogP contribution is -2.08. The second-order valence-corrected chi connectivity index (χ2v) is 4.76. The largest absolute Gasteiger partial charge is 0.323 e. The summed E-state index contributed by atoms with van der Waals surface area (Å²) in [5.41, 5.74) is 8.77. The minimum atomic E-state index is -0.108. The summed E-state index contributed by atoms with van der Waals surface area (Å²) in [6.45, 7) is 3.92. The molecule has 0 bridgehead atoms. The average Bonchev–Trinajstić information content (AvgIpc) is 2.80. The molecule has 4 nitrogen and oxygen atoms in total. The quantitative estimate of drug-likeness (QED) is 0.763. The van der Waals surface area contributed by atoms with Gasteiger partial charge in [-0.15, -0.1) is 5.10 Å². The number of hydrogen-bond donors (Lipinski definition) is 1. The summed E-state index contributed by atoms with van der Waals surface area (Å²) in [6, 6.07) is 14.3. The number of nitrogens with zero attached hydrogens (tertiary/aromatic N) is 3. The monoisotopic (exact) mass is 252 g/mol. The van der Waals surface area contributed by atoms with E-state index in [9.17, 15) is 0 Å². The van der Waals surface area contributed by atoms with Crippen LogP contribution in [0.25, 0.3) is 16.5 Å². The Morgan fingerprint density at radius 2 is 1.84 bits per heavy atom. The van der Waals surface area contributed by atoms with Crippen molar-refractivity contribution in [3.05, 3.63) is 53.9 Å². The van der Waals surface area contributed by atoms with Gasteiger partial charge < -0.3 is 5.73 Å². The zero-order valence-electron chi connectivity index (χ0n) is 11.0. The van der Waals surface area contributed by atoms with Gasteiger partial charge in [-0.3, -0.25) is 0 Å². The van der Waals surface area contributed by atoms with Crippen molar-refractivity contribution in [1.29, 1.82) is 0 Å². The lowest BCUT2D eigenvalue weighted by Gasteiger charge is -2.08. The van der Waals surface area contributed by atoms with Crippen LogP contribution in [0.3, 0.4) is 0 Å². The lowest BCUT2D eigenvalue weighted by molar-refractivity contribution is 0.757. The molecule has 4 heteroatoms. The first-order valence-electron chi connectivity index (χ1n) is 6.34. The molecule has 0 aliphatic carbocycles. The normalized spacial score (nSPS) is 12.8. The maximum Gasteiger partial charge on any atom is 0.102 e. The van der Waals surface area contributed by atoms with Crippen LogP contribution in [-0.4, -0.2) is 15.0 Å². The van der Waals surface area contributed by atoms with Crippen LogP contribution in [-0.2, 0) is 0 Å². The first kappa shape index (κ1) is 11.9. The van der Waals surface area contributed by atoms with Crippen molar-refractivity contribution in [2.24, 2.45) is 5.73 Å². The molecular formula is C15H16N4. The fraction of sp³-hybridized carbons (Fsp3) is 0.200. The van der Waals surface area contributed by atoms with E-state index in [4.69, 9.17) is 5.73 Å². The Labute approximate surface area is 111 Å². The predicted molar refractivity (Wildman–Crippen MR) is 76.2 cm³/mol. The van der Waals surface area contributed by atoms with Crippen LogP contribution in [0.15, 0.2) is 42.5 Å². The van der Waals surface area contributed by atoms with Gasteiger partial charge in [0, 0.05) is 11.4 Å². The van der Waals surface area contributed by atoms with E-state index in [1.54, 1.807) is 0 Å². The number of rotatable bonds is 2. The van der Waals surface area contributed by atoms with Crippen molar-refractivity contribution in [3.8, 4) is 5.69 Å². The average molecular weight is 252 g/mol. The minimum absolute atomic E-state index is 0.108. The van der Waals surface area contributed by atoms with Crippen LogP contribution >= 0.6 is 0 Å². The Morgan fingerprint density at radius 3 is 2.58 bits per heavy atom. The zero-order chi connectivity index (χ0) is 13.4. The first-order valence-corrected chi connectivity index (χ1v) is 6.34. The van der Waals surface area contributed by atoms with Crippen LogP contribution in [0.4, 0.5) is 0 Å². The van der Waals surface area contributed by atoms with Crippen molar-refractivity contribution in [2.45, 2.75) is 19.9 Å². The minimum Gasteiger partial charge on any atom is -0.323 e. The molecule has 0 aliphatic heterocycles. The molecule has 1 heterocycles. The zero-order valence-corrected chi connectivity index (χ0v) is 11.0. The fourth-order valence-electron chi connectivity index (χ4n) is 2.38. The third-order valence-electron chi connectivity index (χ3n) is 3.36. The molecular weight excluding hydrogens is 236 g/mol. The molecule has 1 unspecified atom stereocenters. The number of nitrogens with two attached hydrogens (primary N) is 1. The van der Waals surface area contributed by atoms with Crippen LogP contribution in [0.1, 0.15) is 24.4 Å². The molecule has 0 aliphatic rings. The summed E-state index contributed by atoms with van der Waals surface area (Å²) in [6.07, 6.45) is 0. The highest BCUT2D eigenvalue weighted by Crippen LogP contribution is 2.24. The number of benzene rings is 2. The van der Waals surface area contributed by atoms with Crippen molar-refractivity contribution >= 4 is 10.8 Å². The van der Waals surface area contributed by atoms with Crippen molar-refractivity contribution in [1.82, 2.24) is 15.0 Å². The third-order valence-corrected chi connectivity index (χ3v) is 3.36. The molecule has 0 saturated carbocycles. The summed E-state index contributed by atoms with van der Waals surface area (Å²) >= 11 is 0. The van der Waals surface area contributed by atoms with E-state index in [0.717, 1.165) is 22.5 Å². The summed E-state index contributed by atoms with van der Waals surface area (Å²) in [5, 5.41) is 10.8. The van der Waals surface area contributed by atoms with E-state index in [0.29, 0.717) is 0 Å². The smallest absolute Gasteiger partial charge is 0.102 e. The van der Waals surface area contributed by atoms with E-state index in [1.165, 1.54) is 5.39 Å². The highest BCUT2D eigenvalue weighted by atomic mass is 15.4. The van der Waals surface area contributed by atoms with Crippen LogP contribution in [0, 0.1) is 6.92 Å². The molecule has 1 atom stereocenters. The molecule has 2 N–H and O–H groups in total. The Kier molecular flexibility index (Phi) is 2.80. The molecule has 19 heavy (non-hydrogen) atoms. The van der Waals surface area contributed by atoms with Crippen molar-refractivity contribution in [3.63, 3.8) is 0 Å². The molecule has 1 aromatic heterocycles. The summed E-state index contributed by atoms with van der Waals surface area (Å²) in [4.78, 5) is 0. The van der Waals surface area contributed by atoms with Crippen LogP contribution in [0.5, 0.6) is 0 Å². The Hall–Kier alpha value is -2.20. The van der Waals surface area contributed by atoms with Gasteiger partial charge in [-0.2, -0.15) is 0 Å².